The van der Waals surface area contributed by atoms with E-state index in [0.717, 1.165) is 5.39 Å². The van der Waals surface area contributed by atoms with Crippen molar-refractivity contribution in [1.29, 1.82) is 0 Å². The molecule has 0 saturated heterocycles. The summed E-state index contributed by atoms with van der Waals surface area (Å²) < 4.78 is 18.3. The summed E-state index contributed by atoms with van der Waals surface area (Å²) >= 11 is 3.30. The number of aromatic nitrogens is 2. The van der Waals surface area contributed by atoms with Crippen LogP contribution in [0.2, 0.25) is 0 Å². The van der Waals surface area contributed by atoms with E-state index in [2.05, 4.69) is 26.0 Å². The van der Waals surface area contributed by atoms with Gasteiger partial charge in [-0.1, -0.05) is 18.2 Å². The zero-order valence-corrected chi connectivity index (χ0v) is 19.7. The molecule has 5 rings (SSSR count). The van der Waals surface area contributed by atoms with Crippen LogP contribution < -0.4 is 15.0 Å². The average molecular weight is 520 g/mol. The fourth-order valence-electron chi connectivity index (χ4n) is 3.66. The normalized spacial score (nSPS) is 11.5. The first kappa shape index (κ1) is 21.7. The summed E-state index contributed by atoms with van der Waals surface area (Å²) in [6.45, 7) is 0. The van der Waals surface area contributed by atoms with E-state index in [-0.39, 0.29) is 22.9 Å². The lowest BCUT2D eigenvalue weighted by molar-refractivity contribution is 0.372. The number of rotatable bonds is 5. The van der Waals surface area contributed by atoms with Crippen molar-refractivity contribution in [1.82, 2.24) is 9.66 Å². The van der Waals surface area contributed by atoms with Gasteiger partial charge in [-0.05, 0) is 64.0 Å². The zero-order valence-electron chi connectivity index (χ0n) is 18.2. The van der Waals surface area contributed by atoms with Gasteiger partial charge in [0.2, 0.25) is 5.82 Å². The summed E-state index contributed by atoms with van der Waals surface area (Å²) in [5, 5.41) is 15.7. The molecule has 0 spiro atoms. The maximum atomic E-state index is 13.4. The summed E-state index contributed by atoms with van der Waals surface area (Å²) in [6, 6.07) is 17.6. The average Bonchev–Trinajstić information content (AvgIpc) is 3.29. The van der Waals surface area contributed by atoms with Gasteiger partial charge in [0.05, 0.1) is 41.2 Å². The third kappa shape index (κ3) is 3.69. The zero-order chi connectivity index (χ0) is 23.8. The van der Waals surface area contributed by atoms with Crippen molar-refractivity contribution in [3.8, 4) is 28.8 Å². The van der Waals surface area contributed by atoms with Crippen LogP contribution in [0, 0.1) is 0 Å². The van der Waals surface area contributed by atoms with Crippen LogP contribution in [-0.4, -0.2) is 35.2 Å². The molecule has 0 bridgehead atoms. The Labute approximate surface area is 201 Å². The minimum absolute atomic E-state index is 0.0268. The van der Waals surface area contributed by atoms with Crippen LogP contribution in [0.5, 0.6) is 17.2 Å². The molecule has 0 aliphatic rings. The Balaban J connectivity index is 1.73. The van der Waals surface area contributed by atoms with Crippen LogP contribution >= 0.6 is 15.9 Å². The summed E-state index contributed by atoms with van der Waals surface area (Å²) in [4.78, 5) is 18.1. The topological polar surface area (TPSA) is 99.1 Å². The van der Waals surface area contributed by atoms with Gasteiger partial charge < -0.3 is 19.0 Å². The predicted molar refractivity (Wildman–Crippen MR) is 133 cm³/mol. The number of phenolic OH excluding ortho intramolecular Hbond substituents is 1. The number of hydrogen-bond acceptors (Lipinski definition) is 7. The Bertz CT molecular complexity index is 1640. The molecule has 0 saturated carbocycles. The van der Waals surface area contributed by atoms with Gasteiger partial charge >= 0.3 is 0 Å². The minimum atomic E-state index is -0.353. The monoisotopic (exact) mass is 519 g/mol. The van der Waals surface area contributed by atoms with Crippen LogP contribution in [0.15, 0.2) is 79.4 Å². The van der Waals surface area contributed by atoms with Crippen LogP contribution in [-0.2, 0) is 0 Å². The fourth-order valence-corrected chi connectivity index (χ4v) is 4.12. The standard InChI is InChI=1S/C25H18BrN3O5/c1-32-19-8-5-9-20-16(19)12-22(34-20)24-28-18-7-4-3-6-15(18)25(31)29(24)27-13-14-10-17(26)23(30)21(11-14)33-2/h3-13,30H,1-2H3. The molecule has 2 aromatic heterocycles. The molecular weight excluding hydrogens is 502 g/mol. The highest BCUT2D eigenvalue weighted by molar-refractivity contribution is 9.10. The fraction of sp³-hybridized carbons (Fsp3) is 0.0800. The number of ether oxygens (including phenoxy) is 2. The Morgan fingerprint density at radius 2 is 1.82 bits per heavy atom. The number of para-hydroxylation sites is 1. The number of aromatic hydroxyl groups is 1. The SMILES string of the molecule is COc1cc(C=Nn2c(-c3cc4c(OC)cccc4o3)nc3ccccc3c2=O)cc(Br)c1O. The Hall–Kier alpha value is -4.11. The second-order valence-electron chi connectivity index (χ2n) is 7.35. The minimum Gasteiger partial charge on any atom is -0.503 e. The molecule has 0 amide bonds. The van der Waals surface area contributed by atoms with E-state index in [1.54, 1.807) is 43.5 Å². The maximum Gasteiger partial charge on any atom is 0.282 e. The van der Waals surface area contributed by atoms with Gasteiger partial charge in [0.25, 0.3) is 5.56 Å². The second kappa shape index (κ2) is 8.68. The highest BCUT2D eigenvalue weighted by Gasteiger charge is 2.18. The lowest BCUT2D eigenvalue weighted by Crippen LogP contribution is -2.20. The van der Waals surface area contributed by atoms with E-state index in [1.165, 1.54) is 18.0 Å². The molecule has 170 valence electrons. The molecule has 2 heterocycles. The molecule has 0 aliphatic heterocycles. The second-order valence-corrected chi connectivity index (χ2v) is 8.20. The highest BCUT2D eigenvalue weighted by Crippen LogP contribution is 2.35. The number of methoxy groups -OCH3 is 2. The van der Waals surface area contributed by atoms with Crippen molar-refractivity contribution in [3.05, 3.63) is 81.1 Å². The van der Waals surface area contributed by atoms with Crippen LogP contribution in [0.25, 0.3) is 33.5 Å². The van der Waals surface area contributed by atoms with Crippen molar-refractivity contribution in [2.24, 2.45) is 5.10 Å². The first-order valence-electron chi connectivity index (χ1n) is 10.2. The molecule has 9 heteroatoms. The number of benzene rings is 3. The molecule has 0 radical (unpaired) electrons. The number of phenols is 1. The van der Waals surface area contributed by atoms with E-state index in [9.17, 15) is 9.90 Å². The van der Waals surface area contributed by atoms with Gasteiger partial charge in [0.1, 0.15) is 11.3 Å². The van der Waals surface area contributed by atoms with Gasteiger partial charge in [0, 0.05) is 0 Å². The number of nitrogens with zero attached hydrogens (tertiary/aromatic N) is 3. The first-order chi connectivity index (χ1) is 16.5. The van der Waals surface area contributed by atoms with Gasteiger partial charge in [-0.15, -0.1) is 0 Å². The van der Waals surface area contributed by atoms with Gasteiger partial charge in [-0.2, -0.15) is 9.78 Å². The summed E-state index contributed by atoms with van der Waals surface area (Å²) in [6.07, 6.45) is 1.48. The van der Waals surface area contributed by atoms with E-state index in [1.807, 2.05) is 24.3 Å². The molecule has 1 N–H and O–H groups in total. The van der Waals surface area contributed by atoms with Crippen LogP contribution in [0.4, 0.5) is 0 Å². The highest BCUT2D eigenvalue weighted by atomic mass is 79.9. The summed E-state index contributed by atoms with van der Waals surface area (Å²) in [5.74, 6) is 1.49. The maximum absolute atomic E-state index is 13.4. The largest absolute Gasteiger partial charge is 0.503 e. The van der Waals surface area contributed by atoms with E-state index >= 15 is 0 Å². The lowest BCUT2D eigenvalue weighted by atomic mass is 10.2. The van der Waals surface area contributed by atoms with Crippen molar-refractivity contribution < 1.29 is 19.0 Å². The molecule has 5 aromatic rings. The first-order valence-corrected chi connectivity index (χ1v) is 11.0. The number of halogens is 1. The van der Waals surface area contributed by atoms with E-state index in [4.69, 9.17) is 13.9 Å². The molecule has 8 nitrogen and oxygen atoms in total. The predicted octanol–water partition coefficient (Wildman–Crippen LogP) is 5.18. The van der Waals surface area contributed by atoms with Crippen molar-refractivity contribution >= 4 is 44.0 Å². The lowest BCUT2D eigenvalue weighted by Gasteiger charge is -2.08. The Morgan fingerprint density at radius 3 is 2.62 bits per heavy atom. The molecule has 0 aliphatic carbocycles. The van der Waals surface area contributed by atoms with Gasteiger partial charge in [0.15, 0.2) is 17.3 Å². The number of furan rings is 1. The third-order valence-electron chi connectivity index (χ3n) is 5.31. The molecule has 0 fully saturated rings. The van der Waals surface area contributed by atoms with E-state index < -0.39 is 0 Å². The molecule has 0 atom stereocenters. The van der Waals surface area contributed by atoms with Crippen LogP contribution in [0.1, 0.15) is 5.56 Å². The number of hydrogen-bond donors (Lipinski definition) is 1. The quantitative estimate of drug-likeness (QED) is 0.321. The van der Waals surface area contributed by atoms with Crippen molar-refractivity contribution in [2.45, 2.75) is 0 Å². The molecule has 3 aromatic carbocycles. The third-order valence-corrected chi connectivity index (χ3v) is 5.91. The number of fused-ring (bicyclic) bond motifs is 2. The Kier molecular flexibility index (Phi) is 5.54. The van der Waals surface area contributed by atoms with Crippen molar-refractivity contribution in [3.63, 3.8) is 0 Å². The van der Waals surface area contributed by atoms with E-state index in [0.29, 0.717) is 38.0 Å². The van der Waals surface area contributed by atoms with Gasteiger partial charge in [-0.25, -0.2) is 4.98 Å². The molecule has 0 unspecified atom stereocenters. The Morgan fingerprint density at radius 1 is 1.03 bits per heavy atom. The summed E-state index contributed by atoms with van der Waals surface area (Å²) in [7, 11) is 3.04. The molecular formula is C25H18BrN3O5. The van der Waals surface area contributed by atoms with Crippen molar-refractivity contribution in [2.75, 3.05) is 14.2 Å². The summed E-state index contributed by atoms with van der Waals surface area (Å²) in [5.41, 5.74) is 1.36. The smallest absolute Gasteiger partial charge is 0.282 e. The van der Waals surface area contributed by atoms with Gasteiger partial charge in [-0.3, -0.25) is 4.79 Å². The van der Waals surface area contributed by atoms with Crippen LogP contribution in [0.3, 0.4) is 0 Å². The molecule has 34 heavy (non-hydrogen) atoms.